The molecule has 0 fully saturated rings. The van der Waals surface area contributed by atoms with Crippen molar-refractivity contribution in [2.45, 2.75) is 174 Å². The Hall–Kier alpha value is -1.89. The first-order chi connectivity index (χ1) is 20.8. The molecule has 0 spiro atoms. The van der Waals surface area contributed by atoms with Gasteiger partial charge in [0, 0.05) is 19.3 Å². The molecule has 7 nitrogen and oxygen atoms in total. The summed E-state index contributed by atoms with van der Waals surface area (Å²) in [5.74, 6) is -2.48. The van der Waals surface area contributed by atoms with Crippen molar-refractivity contribution >= 4 is 17.9 Å². The number of quaternary nitrogens is 1. The van der Waals surface area contributed by atoms with Crippen molar-refractivity contribution in [3.8, 4) is 0 Å². The average molecular weight is 611 g/mol. The number of rotatable bonds is 34. The van der Waals surface area contributed by atoms with Gasteiger partial charge in [-0.1, -0.05) is 109 Å². The smallest absolute Gasteiger partial charge is 0.303 e. The van der Waals surface area contributed by atoms with Crippen LogP contribution in [0.5, 0.6) is 0 Å². The van der Waals surface area contributed by atoms with Gasteiger partial charge in [-0.05, 0) is 38.5 Å². The first-order valence-corrected chi connectivity index (χ1v) is 18.0. The summed E-state index contributed by atoms with van der Waals surface area (Å²) in [6.07, 6.45) is 32.6. The summed E-state index contributed by atoms with van der Waals surface area (Å²) in [6.45, 7) is 5.13. The molecular weight excluding hydrogens is 542 g/mol. The molecule has 0 aromatic carbocycles. The van der Waals surface area contributed by atoms with E-state index in [1.807, 2.05) is 0 Å². The number of allylic oxidation sites excluding steroid dienone is 2. The van der Waals surface area contributed by atoms with Crippen LogP contribution < -0.4 is 0 Å². The zero-order valence-corrected chi connectivity index (χ0v) is 27.9. The highest BCUT2D eigenvalue weighted by molar-refractivity contribution is 5.67. The van der Waals surface area contributed by atoms with Crippen molar-refractivity contribution in [1.29, 1.82) is 0 Å². The molecule has 0 aromatic rings. The summed E-state index contributed by atoms with van der Waals surface area (Å²) in [4.78, 5) is 33.3. The molecule has 0 bridgehead atoms. The average Bonchev–Trinajstić information content (AvgIpc) is 2.95. The first kappa shape index (κ1) is 41.1. The van der Waals surface area contributed by atoms with Crippen LogP contribution in [0.15, 0.2) is 12.2 Å². The highest BCUT2D eigenvalue weighted by atomic mass is 16.4. The van der Waals surface area contributed by atoms with Crippen LogP contribution in [0, 0.1) is 0 Å². The molecule has 0 aliphatic carbocycles. The molecule has 3 N–H and O–H groups in total. The fourth-order valence-electron chi connectivity index (χ4n) is 6.12. The molecule has 0 aromatic heterocycles. The molecule has 0 atom stereocenters. The largest absolute Gasteiger partial charge is 0.481 e. The number of unbranched alkanes of at least 4 members (excludes halogenated alkanes) is 18. The third kappa shape index (κ3) is 29.9. The second-order valence-electron chi connectivity index (χ2n) is 12.8. The minimum atomic E-state index is -0.826. The van der Waals surface area contributed by atoms with Gasteiger partial charge in [0.1, 0.15) is 0 Å². The zero-order chi connectivity index (χ0) is 31.9. The Morgan fingerprint density at radius 1 is 0.419 bits per heavy atom. The van der Waals surface area contributed by atoms with Gasteiger partial charge in [-0.2, -0.15) is 0 Å². The third-order valence-electron chi connectivity index (χ3n) is 8.71. The number of hydrogen-bond donors (Lipinski definition) is 3. The Labute approximate surface area is 264 Å². The van der Waals surface area contributed by atoms with Crippen molar-refractivity contribution in [2.24, 2.45) is 0 Å². The molecule has 0 rings (SSSR count). The standard InChI is InChI=1S/C36H67NO6/c1-2-3-4-5-6-7-8-9-10-11-12-13-14-15-16-17-18-19-20-21-22-23-30-37(31-24-27-34(38)39,32-25-28-35(40)41)33-26-29-36(42)43/h15-16H,2-14,17-33H2,1H3,(H2-,38,39,40,41,42,43)/p+1/b16-15+. The van der Waals surface area contributed by atoms with Gasteiger partial charge >= 0.3 is 17.9 Å². The van der Waals surface area contributed by atoms with E-state index in [0.29, 0.717) is 43.4 Å². The van der Waals surface area contributed by atoms with Gasteiger partial charge in [-0.25, -0.2) is 0 Å². The molecule has 0 saturated carbocycles. The number of hydrogen-bond acceptors (Lipinski definition) is 3. The van der Waals surface area contributed by atoms with Gasteiger partial charge in [0.05, 0.1) is 45.4 Å². The fraction of sp³-hybridized carbons (Fsp3) is 0.861. The summed E-state index contributed by atoms with van der Waals surface area (Å²) >= 11 is 0. The Bertz CT molecular complexity index is 658. The number of aliphatic carboxylic acids is 3. The lowest BCUT2D eigenvalue weighted by Gasteiger charge is -2.39. The maximum atomic E-state index is 11.1. The van der Waals surface area contributed by atoms with E-state index in [9.17, 15) is 14.4 Å². The summed E-state index contributed by atoms with van der Waals surface area (Å²) in [5.41, 5.74) is 0. The van der Waals surface area contributed by atoms with E-state index < -0.39 is 17.9 Å². The molecule has 0 unspecified atom stereocenters. The SMILES string of the molecule is CCCCCCCCCCCCCC/C=C/CCCCCCCC[N+](CCCC(=O)O)(CCCC(=O)O)CCCC(=O)O. The van der Waals surface area contributed by atoms with Gasteiger partial charge < -0.3 is 19.8 Å². The van der Waals surface area contributed by atoms with E-state index in [0.717, 1.165) is 25.8 Å². The maximum Gasteiger partial charge on any atom is 0.303 e. The lowest BCUT2D eigenvalue weighted by molar-refractivity contribution is -0.929. The molecule has 43 heavy (non-hydrogen) atoms. The quantitative estimate of drug-likeness (QED) is 0.0380. The van der Waals surface area contributed by atoms with Gasteiger partial charge in [-0.15, -0.1) is 0 Å². The lowest BCUT2D eigenvalue weighted by Crippen LogP contribution is -2.51. The summed E-state index contributed by atoms with van der Waals surface area (Å²) < 4.78 is 0.637. The van der Waals surface area contributed by atoms with Crippen molar-refractivity contribution in [3.05, 3.63) is 12.2 Å². The van der Waals surface area contributed by atoms with Gasteiger partial charge in [0.25, 0.3) is 0 Å². The number of carboxylic acids is 3. The number of carbonyl (C=O) groups is 3. The van der Waals surface area contributed by atoms with Gasteiger partial charge in [-0.3, -0.25) is 14.4 Å². The molecule has 0 heterocycles. The van der Waals surface area contributed by atoms with Crippen LogP contribution in [0.1, 0.15) is 174 Å². The van der Waals surface area contributed by atoms with Crippen LogP contribution in [-0.2, 0) is 14.4 Å². The topological polar surface area (TPSA) is 112 Å². The normalized spacial score (nSPS) is 11.8. The Morgan fingerprint density at radius 3 is 1.02 bits per heavy atom. The minimum absolute atomic E-state index is 0.0890. The predicted octanol–water partition coefficient (Wildman–Crippen LogP) is 9.78. The predicted molar refractivity (Wildman–Crippen MR) is 177 cm³/mol. The van der Waals surface area contributed by atoms with Gasteiger partial charge in [0.15, 0.2) is 0 Å². The molecule has 0 aliphatic rings. The van der Waals surface area contributed by atoms with Crippen molar-refractivity contribution in [2.75, 3.05) is 26.2 Å². The fourth-order valence-corrected chi connectivity index (χ4v) is 6.12. The van der Waals surface area contributed by atoms with E-state index >= 15 is 0 Å². The molecule has 0 aliphatic heterocycles. The third-order valence-corrected chi connectivity index (χ3v) is 8.71. The van der Waals surface area contributed by atoms with Crippen LogP contribution in [0.25, 0.3) is 0 Å². The maximum absolute atomic E-state index is 11.1. The molecule has 0 radical (unpaired) electrons. The summed E-state index contributed by atoms with van der Waals surface area (Å²) in [6, 6.07) is 0. The lowest BCUT2D eigenvalue weighted by atomic mass is 10.0. The second kappa shape index (κ2) is 30.1. The van der Waals surface area contributed by atoms with Crippen molar-refractivity contribution in [1.82, 2.24) is 0 Å². The Balaban J connectivity index is 4.03. The zero-order valence-electron chi connectivity index (χ0n) is 27.9. The van der Waals surface area contributed by atoms with Crippen LogP contribution >= 0.6 is 0 Å². The highest BCUT2D eigenvalue weighted by Gasteiger charge is 2.27. The molecule has 7 heteroatoms. The van der Waals surface area contributed by atoms with Crippen molar-refractivity contribution < 1.29 is 34.2 Å². The molecule has 0 amide bonds. The molecular formula is C36H68NO6+. The summed E-state index contributed by atoms with van der Waals surface area (Å²) in [5, 5.41) is 27.3. The van der Waals surface area contributed by atoms with Crippen LogP contribution in [0.4, 0.5) is 0 Å². The van der Waals surface area contributed by atoms with E-state index in [1.165, 1.54) is 109 Å². The van der Waals surface area contributed by atoms with Crippen molar-refractivity contribution in [3.63, 3.8) is 0 Å². The highest BCUT2D eigenvalue weighted by Crippen LogP contribution is 2.19. The Kier molecular flexibility index (Phi) is 28.8. The van der Waals surface area contributed by atoms with E-state index in [1.54, 1.807) is 0 Å². The summed E-state index contributed by atoms with van der Waals surface area (Å²) in [7, 11) is 0. The number of carboxylic acid groups (broad SMARTS) is 3. The van der Waals surface area contributed by atoms with E-state index in [-0.39, 0.29) is 19.3 Å². The first-order valence-electron chi connectivity index (χ1n) is 18.0. The molecule has 252 valence electrons. The Morgan fingerprint density at radius 2 is 0.698 bits per heavy atom. The molecule has 0 saturated heterocycles. The van der Waals surface area contributed by atoms with Crippen LogP contribution in [0.2, 0.25) is 0 Å². The van der Waals surface area contributed by atoms with E-state index in [4.69, 9.17) is 15.3 Å². The van der Waals surface area contributed by atoms with Crippen LogP contribution in [-0.4, -0.2) is 63.9 Å². The van der Waals surface area contributed by atoms with E-state index in [2.05, 4.69) is 19.1 Å². The number of nitrogens with zero attached hydrogens (tertiary/aromatic N) is 1. The van der Waals surface area contributed by atoms with Crippen LogP contribution in [0.3, 0.4) is 0 Å². The monoisotopic (exact) mass is 611 g/mol. The van der Waals surface area contributed by atoms with Gasteiger partial charge in [0.2, 0.25) is 0 Å². The second-order valence-corrected chi connectivity index (χ2v) is 12.8. The minimum Gasteiger partial charge on any atom is -0.481 e.